The molecule has 0 spiro atoms. The van der Waals surface area contributed by atoms with E-state index < -0.39 is 12.1 Å². The predicted octanol–water partition coefficient (Wildman–Crippen LogP) is 3.63. The Labute approximate surface area is 131 Å². The summed E-state index contributed by atoms with van der Waals surface area (Å²) in [7, 11) is 0. The first-order valence-corrected chi connectivity index (χ1v) is 7.18. The minimum Gasteiger partial charge on any atom is -0.449 e. The Morgan fingerprint density at radius 2 is 1.81 bits per heavy atom. The first kappa shape index (κ1) is 15.3. The number of carbonyl (C=O) groups is 2. The summed E-state index contributed by atoms with van der Waals surface area (Å²) >= 11 is 3.28. The smallest absolute Gasteiger partial charge is 0.338 e. The largest absolute Gasteiger partial charge is 0.449 e. The standard InChI is InChI=1S/C16H14BrNO3/c1-11(15(19)18-14-8-3-2-4-9-14)21-16(20)12-6-5-7-13(17)10-12/h2-11H,1H3,(H,18,19)/t11-/m0/s1. The van der Waals surface area contributed by atoms with Crippen LogP contribution >= 0.6 is 15.9 Å². The van der Waals surface area contributed by atoms with Gasteiger partial charge in [0, 0.05) is 10.2 Å². The molecule has 0 aliphatic heterocycles. The van der Waals surface area contributed by atoms with E-state index in [4.69, 9.17) is 4.74 Å². The van der Waals surface area contributed by atoms with Crippen LogP contribution in [0.4, 0.5) is 5.69 Å². The number of carbonyl (C=O) groups excluding carboxylic acids is 2. The molecule has 0 aromatic heterocycles. The molecule has 0 bridgehead atoms. The number of nitrogens with one attached hydrogen (secondary N) is 1. The maximum Gasteiger partial charge on any atom is 0.338 e. The van der Waals surface area contributed by atoms with Gasteiger partial charge in [-0.05, 0) is 37.3 Å². The highest BCUT2D eigenvalue weighted by molar-refractivity contribution is 9.10. The predicted molar refractivity (Wildman–Crippen MR) is 84.1 cm³/mol. The van der Waals surface area contributed by atoms with E-state index in [2.05, 4.69) is 21.2 Å². The topological polar surface area (TPSA) is 55.4 Å². The Morgan fingerprint density at radius 3 is 2.48 bits per heavy atom. The van der Waals surface area contributed by atoms with Gasteiger partial charge in [-0.2, -0.15) is 0 Å². The van der Waals surface area contributed by atoms with Gasteiger partial charge in [0.2, 0.25) is 0 Å². The monoisotopic (exact) mass is 347 g/mol. The van der Waals surface area contributed by atoms with Crippen molar-refractivity contribution in [2.75, 3.05) is 5.32 Å². The van der Waals surface area contributed by atoms with Crippen molar-refractivity contribution in [1.82, 2.24) is 0 Å². The molecule has 0 saturated carbocycles. The van der Waals surface area contributed by atoms with E-state index in [0.717, 1.165) is 4.47 Å². The second kappa shape index (κ2) is 7.04. The molecular formula is C16H14BrNO3. The number of esters is 1. The number of benzene rings is 2. The highest BCUT2D eigenvalue weighted by Gasteiger charge is 2.19. The normalized spacial score (nSPS) is 11.5. The molecule has 0 radical (unpaired) electrons. The number of amides is 1. The average molecular weight is 348 g/mol. The Bertz CT molecular complexity index is 643. The van der Waals surface area contributed by atoms with Gasteiger partial charge in [-0.3, -0.25) is 4.79 Å². The van der Waals surface area contributed by atoms with E-state index in [1.165, 1.54) is 6.92 Å². The van der Waals surface area contributed by atoms with Crippen LogP contribution in [0.25, 0.3) is 0 Å². The average Bonchev–Trinajstić information content (AvgIpc) is 2.48. The molecule has 2 aromatic rings. The molecule has 2 aromatic carbocycles. The lowest BCUT2D eigenvalue weighted by Gasteiger charge is -2.13. The van der Waals surface area contributed by atoms with Gasteiger partial charge in [-0.15, -0.1) is 0 Å². The Kier molecular flexibility index (Phi) is 5.11. The third-order valence-corrected chi connectivity index (χ3v) is 3.25. The lowest BCUT2D eigenvalue weighted by Crippen LogP contribution is -2.29. The summed E-state index contributed by atoms with van der Waals surface area (Å²) in [6, 6.07) is 15.8. The molecule has 0 fully saturated rings. The zero-order valence-corrected chi connectivity index (χ0v) is 13.0. The fourth-order valence-electron chi connectivity index (χ4n) is 1.66. The fourth-order valence-corrected chi connectivity index (χ4v) is 2.06. The summed E-state index contributed by atoms with van der Waals surface area (Å²) in [6.07, 6.45) is -0.878. The fraction of sp³-hybridized carbons (Fsp3) is 0.125. The quantitative estimate of drug-likeness (QED) is 0.859. The molecule has 1 N–H and O–H groups in total. The number of hydrogen-bond acceptors (Lipinski definition) is 3. The van der Waals surface area contributed by atoms with Crippen molar-refractivity contribution in [2.24, 2.45) is 0 Å². The van der Waals surface area contributed by atoms with Crippen molar-refractivity contribution < 1.29 is 14.3 Å². The lowest BCUT2D eigenvalue weighted by atomic mass is 10.2. The molecule has 4 nitrogen and oxygen atoms in total. The second-order valence-electron chi connectivity index (χ2n) is 4.41. The van der Waals surface area contributed by atoms with Gasteiger partial charge in [0.25, 0.3) is 5.91 Å². The maximum atomic E-state index is 11.9. The van der Waals surface area contributed by atoms with Crippen molar-refractivity contribution in [3.63, 3.8) is 0 Å². The number of hydrogen-bond donors (Lipinski definition) is 1. The van der Waals surface area contributed by atoms with E-state index in [1.54, 1.807) is 30.3 Å². The van der Waals surface area contributed by atoms with Crippen molar-refractivity contribution >= 4 is 33.5 Å². The molecule has 2 rings (SSSR count). The zero-order chi connectivity index (χ0) is 15.2. The van der Waals surface area contributed by atoms with Gasteiger partial charge in [0.1, 0.15) is 0 Å². The Morgan fingerprint density at radius 1 is 1.10 bits per heavy atom. The molecule has 0 unspecified atom stereocenters. The molecule has 1 atom stereocenters. The highest BCUT2D eigenvalue weighted by Crippen LogP contribution is 2.13. The number of para-hydroxylation sites is 1. The Balaban J connectivity index is 1.96. The summed E-state index contributed by atoms with van der Waals surface area (Å²) < 4.78 is 5.93. The van der Waals surface area contributed by atoms with E-state index in [1.807, 2.05) is 24.3 Å². The van der Waals surface area contributed by atoms with Crippen LogP contribution in [0.2, 0.25) is 0 Å². The van der Waals surface area contributed by atoms with Crippen LogP contribution in [0, 0.1) is 0 Å². The van der Waals surface area contributed by atoms with Gasteiger partial charge in [-0.25, -0.2) is 4.79 Å². The van der Waals surface area contributed by atoms with Crippen LogP contribution in [0.1, 0.15) is 17.3 Å². The maximum absolute atomic E-state index is 11.9. The van der Waals surface area contributed by atoms with Crippen molar-refractivity contribution in [2.45, 2.75) is 13.0 Å². The third kappa shape index (κ3) is 4.43. The molecule has 108 valence electrons. The van der Waals surface area contributed by atoms with Gasteiger partial charge in [-0.1, -0.05) is 40.2 Å². The number of anilines is 1. The minimum absolute atomic E-state index is 0.371. The molecule has 0 heterocycles. The summed E-state index contributed by atoms with van der Waals surface area (Å²) in [5.74, 6) is -0.906. The van der Waals surface area contributed by atoms with E-state index in [9.17, 15) is 9.59 Å². The second-order valence-corrected chi connectivity index (χ2v) is 5.33. The van der Waals surface area contributed by atoms with Crippen LogP contribution in [-0.4, -0.2) is 18.0 Å². The van der Waals surface area contributed by atoms with Crippen molar-refractivity contribution in [3.05, 3.63) is 64.6 Å². The number of halogens is 1. The van der Waals surface area contributed by atoms with Gasteiger partial charge < -0.3 is 10.1 Å². The van der Waals surface area contributed by atoms with Crippen molar-refractivity contribution in [3.8, 4) is 0 Å². The van der Waals surface area contributed by atoms with E-state index in [-0.39, 0.29) is 5.91 Å². The number of rotatable bonds is 4. The molecule has 1 amide bonds. The van der Waals surface area contributed by atoms with Crippen LogP contribution in [0.15, 0.2) is 59.1 Å². The summed E-state index contributed by atoms with van der Waals surface area (Å²) in [6.45, 7) is 1.54. The van der Waals surface area contributed by atoms with E-state index >= 15 is 0 Å². The van der Waals surface area contributed by atoms with Gasteiger partial charge in [0.15, 0.2) is 6.10 Å². The van der Waals surface area contributed by atoms with Crippen LogP contribution in [0.5, 0.6) is 0 Å². The summed E-state index contributed by atoms with van der Waals surface area (Å²) in [5, 5.41) is 2.68. The zero-order valence-electron chi connectivity index (χ0n) is 11.4. The van der Waals surface area contributed by atoms with Crippen LogP contribution in [-0.2, 0) is 9.53 Å². The molecule has 5 heteroatoms. The highest BCUT2D eigenvalue weighted by atomic mass is 79.9. The van der Waals surface area contributed by atoms with Crippen LogP contribution < -0.4 is 5.32 Å². The number of ether oxygens (including phenoxy) is 1. The van der Waals surface area contributed by atoms with Crippen LogP contribution in [0.3, 0.4) is 0 Å². The lowest BCUT2D eigenvalue weighted by molar-refractivity contribution is -0.123. The van der Waals surface area contributed by atoms with Gasteiger partial charge >= 0.3 is 5.97 Å². The Hall–Kier alpha value is -2.14. The third-order valence-electron chi connectivity index (χ3n) is 2.75. The molecule has 0 aliphatic rings. The summed E-state index contributed by atoms with van der Waals surface area (Å²) in [4.78, 5) is 23.9. The molecule has 0 saturated heterocycles. The summed E-state index contributed by atoms with van der Waals surface area (Å²) in [5.41, 5.74) is 1.05. The van der Waals surface area contributed by atoms with Gasteiger partial charge in [0.05, 0.1) is 5.56 Å². The van der Waals surface area contributed by atoms with Crippen molar-refractivity contribution in [1.29, 1.82) is 0 Å². The molecular weight excluding hydrogens is 334 g/mol. The molecule has 21 heavy (non-hydrogen) atoms. The minimum atomic E-state index is -0.878. The SMILES string of the molecule is C[C@H](OC(=O)c1cccc(Br)c1)C(=O)Nc1ccccc1. The first-order chi connectivity index (χ1) is 10.1. The molecule has 0 aliphatic carbocycles. The van der Waals surface area contributed by atoms with E-state index in [0.29, 0.717) is 11.3 Å². The first-order valence-electron chi connectivity index (χ1n) is 6.39.